The first-order valence-corrected chi connectivity index (χ1v) is 7.89. The SMILES string of the molecule is O=C(c1n[nH]c2cc(F)ccc12)N1[C@H]2C[C@@H]3CCN(C2)C[C@@H]31. The van der Waals surface area contributed by atoms with E-state index in [-0.39, 0.29) is 11.7 Å². The molecule has 4 heterocycles. The average molecular weight is 300 g/mol. The molecule has 1 unspecified atom stereocenters. The second-order valence-corrected chi connectivity index (χ2v) is 6.74. The smallest absolute Gasteiger partial charge is 0.275 e. The van der Waals surface area contributed by atoms with Crippen molar-refractivity contribution in [3.63, 3.8) is 0 Å². The van der Waals surface area contributed by atoms with Crippen molar-refractivity contribution in [3.8, 4) is 0 Å². The molecule has 3 aliphatic rings. The molecular formula is C16H17FN4O. The third-order valence-corrected chi connectivity index (χ3v) is 5.56. The summed E-state index contributed by atoms with van der Waals surface area (Å²) in [6, 6.07) is 5.05. The van der Waals surface area contributed by atoms with E-state index in [0.717, 1.165) is 19.5 Å². The van der Waals surface area contributed by atoms with Gasteiger partial charge in [0.2, 0.25) is 0 Å². The molecule has 2 aromatic rings. The normalized spacial score (nSPS) is 32.9. The Hall–Kier alpha value is -1.95. The lowest BCUT2D eigenvalue weighted by atomic mass is 9.93. The second-order valence-electron chi connectivity index (χ2n) is 6.74. The summed E-state index contributed by atoms with van der Waals surface area (Å²) in [5.74, 6) is 0.311. The fourth-order valence-electron chi connectivity index (χ4n) is 4.59. The summed E-state index contributed by atoms with van der Waals surface area (Å²) in [5, 5.41) is 7.67. The summed E-state index contributed by atoms with van der Waals surface area (Å²) in [4.78, 5) is 17.6. The first-order chi connectivity index (χ1) is 10.7. The molecule has 1 aromatic carbocycles. The zero-order chi connectivity index (χ0) is 14.8. The minimum absolute atomic E-state index is 0.00286. The Labute approximate surface area is 127 Å². The molecule has 114 valence electrons. The number of carbonyl (C=O) groups excluding carboxylic acids is 1. The topological polar surface area (TPSA) is 52.2 Å². The molecule has 0 saturated carbocycles. The molecule has 22 heavy (non-hydrogen) atoms. The van der Waals surface area contributed by atoms with E-state index in [4.69, 9.17) is 0 Å². The highest BCUT2D eigenvalue weighted by Gasteiger charge is 2.51. The zero-order valence-electron chi connectivity index (χ0n) is 12.1. The Kier molecular flexibility index (Phi) is 2.45. The Bertz CT molecular complexity index is 769. The number of nitrogens with zero attached hydrogens (tertiary/aromatic N) is 3. The van der Waals surface area contributed by atoms with Crippen molar-refractivity contribution < 1.29 is 9.18 Å². The van der Waals surface area contributed by atoms with Gasteiger partial charge in [-0.3, -0.25) is 14.8 Å². The molecule has 3 saturated heterocycles. The van der Waals surface area contributed by atoms with Gasteiger partial charge in [-0.25, -0.2) is 4.39 Å². The van der Waals surface area contributed by atoms with E-state index in [1.165, 1.54) is 25.1 Å². The summed E-state index contributed by atoms with van der Waals surface area (Å²) in [5.41, 5.74) is 1.01. The maximum atomic E-state index is 13.3. The number of benzene rings is 1. The van der Waals surface area contributed by atoms with E-state index in [0.29, 0.717) is 34.6 Å². The Morgan fingerprint density at radius 3 is 3.18 bits per heavy atom. The predicted octanol–water partition coefficient (Wildman–Crippen LogP) is 1.62. The number of carbonyl (C=O) groups is 1. The van der Waals surface area contributed by atoms with Gasteiger partial charge in [-0.15, -0.1) is 0 Å². The third kappa shape index (κ3) is 1.61. The minimum Gasteiger partial charge on any atom is -0.328 e. The number of aromatic amines is 1. The van der Waals surface area contributed by atoms with Gasteiger partial charge < -0.3 is 4.90 Å². The van der Waals surface area contributed by atoms with Crippen molar-refractivity contribution in [1.29, 1.82) is 0 Å². The van der Waals surface area contributed by atoms with Crippen molar-refractivity contribution in [2.24, 2.45) is 5.92 Å². The molecule has 0 radical (unpaired) electrons. The van der Waals surface area contributed by atoms with Crippen LogP contribution < -0.4 is 0 Å². The number of hydrogen-bond donors (Lipinski definition) is 1. The summed E-state index contributed by atoms with van der Waals surface area (Å²) in [6.07, 6.45) is 2.31. The first kappa shape index (κ1) is 12.6. The van der Waals surface area contributed by atoms with E-state index in [1.54, 1.807) is 6.07 Å². The Morgan fingerprint density at radius 2 is 2.27 bits per heavy atom. The van der Waals surface area contributed by atoms with Crippen LogP contribution in [0.2, 0.25) is 0 Å². The monoisotopic (exact) mass is 300 g/mol. The van der Waals surface area contributed by atoms with Gasteiger partial charge in [-0.05, 0) is 43.5 Å². The molecule has 0 spiro atoms. The highest BCUT2D eigenvalue weighted by atomic mass is 19.1. The van der Waals surface area contributed by atoms with Gasteiger partial charge in [0.25, 0.3) is 5.91 Å². The molecule has 3 aliphatic heterocycles. The van der Waals surface area contributed by atoms with Crippen molar-refractivity contribution in [2.45, 2.75) is 24.9 Å². The molecule has 1 amide bonds. The average Bonchev–Trinajstić information content (AvgIpc) is 2.95. The molecule has 3 fully saturated rings. The molecular weight excluding hydrogens is 283 g/mol. The number of nitrogens with one attached hydrogen (secondary N) is 1. The van der Waals surface area contributed by atoms with Crippen LogP contribution in [0.15, 0.2) is 18.2 Å². The van der Waals surface area contributed by atoms with E-state index in [1.807, 2.05) is 0 Å². The van der Waals surface area contributed by atoms with Crippen LogP contribution in [-0.4, -0.2) is 57.6 Å². The van der Waals surface area contributed by atoms with Crippen LogP contribution in [0.25, 0.3) is 10.9 Å². The quantitative estimate of drug-likeness (QED) is 0.871. The van der Waals surface area contributed by atoms with Crippen LogP contribution in [0.1, 0.15) is 23.3 Å². The molecule has 1 aromatic heterocycles. The Morgan fingerprint density at radius 1 is 1.36 bits per heavy atom. The second kappa shape index (κ2) is 4.29. The van der Waals surface area contributed by atoms with Gasteiger partial charge in [-0.1, -0.05) is 0 Å². The van der Waals surface area contributed by atoms with Gasteiger partial charge >= 0.3 is 0 Å². The van der Waals surface area contributed by atoms with E-state index in [2.05, 4.69) is 20.0 Å². The summed E-state index contributed by atoms with van der Waals surface area (Å²) in [6.45, 7) is 3.14. The molecule has 1 N–H and O–H groups in total. The molecule has 6 heteroatoms. The van der Waals surface area contributed by atoms with Crippen LogP contribution in [0.4, 0.5) is 4.39 Å². The number of halogens is 1. The maximum Gasteiger partial charge on any atom is 0.275 e. The molecule has 5 rings (SSSR count). The van der Waals surface area contributed by atoms with Crippen LogP contribution >= 0.6 is 0 Å². The minimum atomic E-state index is -0.321. The van der Waals surface area contributed by atoms with Crippen molar-refractivity contribution in [1.82, 2.24) is 20.0 Å². The lowest BCUT2D eigenvalue weighted by molar-refractivity contribution is 0.0258. The number of piperazine rings is 1. The highest BCUT2D eigenvalue weighted by molar-refractivity contribution is 6.05. The van der Waals surface area contributed by atoms with Crippen molar-refractivity contribution >= 4 is 16.8 Å². The van der Waals surface area contributed by atoms with E-state index in [9.17, 15) is 9.18 Å². The van der Waals surface area contributed by atoms with Gasteiger partial charge in [0.05, 0.1) is 5.52 Å². The number of rotatable bonds is 1. The van der Waals surface area contributed by atoms with Crippen molar-refractivity contribution in [3.05, 3.63) is 29.7 Å². The van der Waals surface area contributed by atoms with Crippen LogP contribution in [-0.2, 0) is 0 Å². The molecule has 3 bridgehead atoms. The number of piperidine rings is 1. The van der Waals surface area contributed by atoms with Crippen LogP contribution in [0, 0.1) is 11.7 Å². The number of aromatic nitrogens is 2. The van der Waals surface area contributed by atoms with Crippen LogP contribution in [0.3, 0.4) is 0 Å². The summed E-state index contributed by atoms with van der Waals surface area (Å²) in [7, 11) is 0. The highest BCUT2D eigenvalue weighted by Crippen LogP contribution is 2.41. The number of amides is 1. The first-order valence-electron chi connectivity index (χ1n) is 7.89. The fraction of sp³-hybridized carbons (Fsp3) is 0.500. The maximum absolute atomic E-state index is 13.3. The van der Waals surface area contributed by atoms with Crippen LogP contribution in [0.5, 0.6) is 0 Å². The van der Waals surface area contributed by atoms with Gasteiger partial charge in [-0.2, -0.15) is 5.10 Å². The summed E-state index contributed by atoms with van der Waals surface area (Å²) < 4.78 is 13.3. The predicted molar refractivity (Wildman–Crippen MR) is 79.0 cm³/mol. The molecule has 4 atom stereocenters. The molecule has 0 aliphatic carbocycles. The standard InChI is InChI=1S/C16H17FN4O/c17-10-1-2-12-13(6-10)18-19-15(12)16(22)21-11-5-9-3-4-20(7-11)8-14(9)21/h1-2,6,9,11,14H,3-5,7-8H2,(H,18,19)/t9-,11-,14-/m0/s1. The van der Waals surface area contributed by atoms with Gasteiger partial charge in [0, 0.05) is 30.6 Å². The number of hydrogen-bond acceptors (Lipinski definition) is 3. The number of fused-ring (bicyclic) bond motifs is 3. The largest absolute Gasteiger partial charge is 0.328 e. The third-order valence-electron chi connectivity index (χ3n) is 5.56. The van der Waals surface area contributed by atoms with E-state index < -0.39 is 0 Å². The number of H-pyrrole nitrogens is 1. The lowest BCUT2D eigenvalue weighted by Crippen LogP contribution is -2.58. The van der Waals surface area contributed by atoms with Gasteiger partial charge in [0.15, 0.2) is 5.69 Å². The Balaban J connectivity index is 1.54. The van der Waals surface area contributed by atoms with E-state index >= 15 is 0 Å². The van der Waals surface area contributed by atoms with Gasteiger partial charge in [0.1, 0.15) is 5.82 Å². The summed E-state index contributed by atoms with van der Waals surface area (Å²) >= 11 is 0. The lowest BCUT2D eigenvalue weighted by Gasteiger charge is -2.44. The van der Waals surface area contributed by atoms with Crippen molar-refractivity contribution in [2.75, 3.05) is 19.6 Å². The zero-order valence-corrected chi connectivity index (χ0v) is 12.1. The molecule has 5 nitrogen and oxygen atoms in total. The fourth-order valence-corrected chi connectivity index (χ4v) is 4.59.